The van der Waals surface area contributed by atoms with Crippen LogP contribution in [0.5, 0.6) is 5.75 Å². The molecule has 0 heterocycles. The van der Waals surface area contributed by atoms with Crippen LogP contribution in [0.4, 0.5) is 0 Å². The molecule has 4 nitrogen and oxygen atoms in total. The molecule has 0 aliphatic heterocycles. The Morgan fingerprint density at radius 2 is 1.32 bits per heavy atom. The summed E-state index contributed by atoms with van der Waals surface area (Å²) >= 11 is 0. The molecule has 0 radical (unpaired) electrons. The van der Waals surface area contributed by atoms with Crippen LogP contribution in [0.3, 0.4) is 0 Å². The number of carbonyl (C=O) groups is 2. The van der Waals surface area contributed by atoms with Crippen LogP contribution in [-0.4, -0.2) is 21.8 Å². The minimum Gasteiger partial charge on any atom is -0.506 e. The van der Waals surface area contributed by atoms with Crippen molar-refractivity contribution in [1.82, 2.24) is 0 Å². The highest BCUT2D eigenvalue weighted by atomic mass is 16.3. The number of aliphatic hydroxyl groups excluding tert-OH is 1. The highest BCUT2D eigenvalue weighted by Crippen LogP contribution is 2.29. The van der Waals surface area contributed by atoms with Crippen molar-refractivity contribution >= 4 is 11.6 Å². The van der Waals surface area contributed by atoms with Gasteiger partial charge in [-0.1, -0.05) is 11.1 Å². The molecule has 0 fully saturated rings. The topological polar surface area (TPSA) is 74.6 Å². The summed E-state index contributed by atoms with van der Waals surface area (Å²) < 4.78 is 0. The van der Waals surface area contributed by atoms with Gasteiger partial charge in [0.2, 0.25) is 0 Å². The maximum absolute atomic E-state index is 12.2. The van der Waals surface area contributed by atoms with Crippen LogP contribution < -0.4 is 0 Å². The van der Waals surface area contributed by atoms with E-state index < -0.39 is 17.7 Å². The summed E-state index contributed by atoms with van der Waals surface area (Å²) in [5.74, 6) is -1.15. The lowest BCUT2D eigenvalue weighted by Crippen LogP contribution is -2.06. The number of hydrogen-bond donors (Lipinski definition) is 2. The first-order chi connectivity index (χ1) is 10.1. The van der Waals surface area contributed by atoms with Gasteiger partial charge in [0.05, 0.1) is 17.2 Å². The number of carbonyl (C=O) groups excluding carboxylic acids is 2. The van der Waals surface area contributed by atoms with Crippen LogP contribution in [0, 0.1) is 0 Å². The molecule has 1 aromatic carbocycles. The number of phenols is 1. The number of allylic oxidation sites excluding steroid dienone is 4. The third kappa shape index (κ3) is 4.40. The average molecular weight is 302 g/mol. The lowest BCUT2D eigenvalue weighted by atomic mass is 9.95. The van der Waals surface area contributed by atoms with Gasteiger partial charge in [0, 0.05) is 0 Å². The lowest BCUT2D eigenvalue weighted by Gasteiger charge is -2.12. The Morgan fingerprint density at radius 3 is 1.59 bits per heavy atom. The van der Waals surface area contributed by atoms with Gasteiger partial charge in [0.25, 0.3) is 0 Å². The molecule has 1 atom stereocenters. The highest BCUT2D eigenvalue weighted by molar-refractivity contribution is 6.12. The van der Waals surface area contributed by atoms with Crippen molar-refractivity contribution in [2.45, 2.75) is 40.7 Å². The molecule has 0 spiro atoms. The smallest absolute Gasteiger partial charge is 0.189 e. The normalized spacial score (nSPS) is 11.5. The minimum absolute atomic E-state index is 0.0186. The van der Waals surface area contributed by atoms with Gasteiger partial charge in [-0.3, -0.25) is 9.59 Å². The zero-order chi connectivity index (χ0) is 17.0. The van der Waals surface area contributed by atoms with E-state index in [0.717, 1.165) is 11.1 Å². The Balaban J connectivity index is 3.55. The Bertz CT molecular complexity index is 605. The van der Waals surface area contributed by atoms with Gasteiger partial charge < -0.3 is 10.2 Å². The molecule has 0 saturated carbocycles. The first-order valence-electron chi connectivity index (χ1n) is 7.07. The molecule has 1 unspecified atom stereocenters. The van der Waals surface area contributed by atoms with E-state index in [9.17, 15) is 19.8 Å². The number of phenolic OH excluding ortho intramolecular Hbond substituents is 1. The van der Waals surface area contributed by atoms with Gasteiger partial charge >= 0.3 is 0 Å². The lowest BCUT2D eigenvalue weighted by molar-refractivity contribution is 0.104. The third-order valence-electron chi connectivity index (χ3n) is 2.99. The van der Waals surface area contributed by atoms with Crippen LogP contribution in [-0.2, 0) is 0 Å². The fourth-order valence-corrected chi connectivity index (χ4v) is 1.95. The molecule has 0 aliphatic carbocycles. The van der Waals surface area contributed by atoms with Gasteiger partial charge in [-0.2, -0.15) is 0 Å². The predicted octanol–water partition coefficient (Wildman–Crippen LogP) is 3.74. The van der Waals surface area contributed by atoms with Gasteiger partial charge in [0.15, 0.2) is 11.6 Å². The molecular weight excluding hydrogens is 280 g/mol. The van der Waals surface area contributed by atoms with Crippen molar-refractivity contribution in [3.05, 3.63) is 52.1 Å². The largest absolute Gasteiger partial charge is 0.506 e. The molecule has 118 valence electrons. The van der Waals surface area contributed by atoms with Crippen LogP contribution >= 0.6 is 0 Å². The Hall–Kier alpha value is -2.20. The van der Waals surface area contributed by atoms with Crippen molar-refractivity contribution < 1.29 is 19.8 Å². The first-order valence-corrected chi connectivity index (χ1v) is 7.07. The Kier molecular flexibility index (Phi) is 5.83. The molecule has 0 amide bonds. The van der Waals surface area contributed by atoms with E-state index in [1.807, 2.05) is 0 Å². The summed E-state index contributed by atoms with van der Waals surface area (Å²) in [6.07, 6.45) is 1.92. The molecule has 1 aromatic rings. The summed E-state index contributed by atoms with van der Waals surface area (Å²) in [7, 11) is 0. The average Bonchev–Trinajstić information content (AvgIpc) is 2.36. The Morgan fingerprint density at radius 1 is 0.955 bits per heavy atom. The molecule has 0 aliphatic rings. The second-order valence-electron chi connectivity index (χ2n) is 5.81. The van der Waals surface area contributed by atoms with Gasteiger partial charge in [-0.05, 0) is 64.5 Å². The van der Waals surface area contributed by atoms with Crippen LogP contribution in [0.1, 0.15) is 67.0 Å². The molecule has 0 bridgehead atoms. The van der Waals surface area contributed by atoms with E-state index in [0.29, 0.717) is 5.56 Å². The zero-order valence-corrected chi connectivity index (χ0v) is 13.6. The van der Waals surface area contributed by atoms with E-state index in [4.69, 9.17) is 0 Å². The van der Waals surface area contributed by atoms with Crippen molar-refractivity contribution in [3.63, 3.8) is 0 Å². The number of rotatable bonds is 5. The maximum Gasteiger partial charge on any atom is 0.189 e. The van der Waals surface area contributed by atoms with Crippen molar-refractivity contribution in [1.29, 1.82) is 0 Å². The van der Waals surface area contributed by atoms with Crippen molar-refractivity contribution in [2.75, 3.05) is 0 Å². The van der Waals surface area contributed by atoms with Gasteiger partial charge in [-0.25, -0.2) is 0 Å². The van der Waals surface area contributed by atoms with E-state index in [1.54, 1.807) is 27.7 Å². The van der Waals surface area contributed by atoms with Gasteiger partial charge in [-0.15, -0.1) is 0 Å². The summed E-state index contributed by atoms with van der Waals surface area (Å²) in [4.78, 5) is 24.4. The molecule has 0 saturated heterocycles. The van der Waals surface area contributed by atoms with Crippen LogP contribution in [0.25, 0.3) is 0 Å². The predicted molar refractivity (Wildman–Crippen MR) is 86.3 cm³/mol. The fourth-order valence-electron chi connectivity index (χ4n) is 1.95. The molecule has 1 rings (SSSR count). The van der Waals surface area contributed by atoms with Crippen LogP contribution in [0.15, 0.2) is 35.4 Å². The summed E-state index contributed by atoms with van der Waals surface area (Å²) in [5, 5.41) is 20.0. The molecule has 2 N–H and O–H groups in total. The zero-order valence-electron chi connectivity index (χ0n) is 13.6. The number of aliphatic hydroxyl groups is 1. The Labute approximate surface area is 130 Å². The van der Waals surface area contributed by atoms with Crippen molar-refractivity contribution in [2.24, 2.45) is 0 Å². The van der Waals surface area contributed by atoms with E-state index in [1.165, 1.54) is 31.2 Å². The third-order valence-corrected chi connectivity index (χ3v) is 2.99. The number of aromatic hydroxyl groups is 1. The summed E-state index contributed by atoms with van der Waals surface area (Å²) in [5.41, 5.74) is 2.01. The van der Waals surface area contributed by atoms with E-state index >= 15 is 0 Å². The number of hydrogen-bond acceptors (Lipinski definition) is 4. The molecule has 0 aromatic heterocycles. The second-order valence-corrected chi connectivity index (χ2v) is 5.81. The highest BCUT2D eigenvalue weighted by Gasteiger charge is 2.20. The van der Waals surface area contributed by atoms with Crippen molar-refractivity contribution in [3.8, 4) is 5.75 Å². The number of benzene rings is 1. The van der Waals surface area contributed by atoms with E-state index in [-0.39, 0.29) is 16.9 Å². The first kappa shape index (κ1) is 17.9. The summed E-state index contributed by atoms with van der Waals surface area (Å²) in [6, 6.07) is 2.84. The minimum atomic E-state index is -0.850. The number of ketones is 2. The monoisotopic (exact) mass is 302 g/mol. The molecule has 4 heteroatoms. The standard InChI is InChI=1S/C18H22O4/c1-10(2)6-16(20)14-8-13(12(5)19)9-15(18(14)22)17(21)7-11(3)4/h6-9,12,19,22H,1-5H3. The second kappa shape index (κ2) is 7.18. The summed E-state index contributed by atoms with van der Waals surface area (Å²) in [6.45, 7) is 8.60. The maximum atomic E-state index is 12.2. The fraction of sp³-hybridized carbons (Fsp3) is 0.333. The quantitative estimate of drug-likeness (QED) is 0.642. The SMILES string of the molecule is CC(C)=CC(=O)c1cc(C(C)O)cc(C(=O)C=C(C)C)c1O. The van der Waals surface area contributed by atoms with E-state index in [2.05, 4.69) is 0 Å². The van der Waals surface area contributed by atoms with Crippen LogP contribution in [0.2, 0.25) is 0 Å². The molecule has 22 heavy (non-hydrogen) atoms. The van der Waals surface area contributed by atoms with Gasteiger partial charge in [0.1, 0.15) is 5.75 Å². The molecular formula is C18H22O4.